The first kappa shape index (κ1) is 17.3. The predicted octanol–water partition coefficient (Wildman–Crippen LogP) is 3.69. The van der Waals surface area contributed by atoms with Crippen molar-refractivity contribution in [2.45, 2.75) is 25.4 Å². The van der Waals surface area contributed by atoms with Gasteiger partial charge >= 0.3 is 0 Å². The van der Waals surface area contributed by atoms with E-state index in [0.717, 1.165) is 43.1 Å². The molecule has 2 aromatic rings. The molecule has 1 unspecified atom stereocenters. The molecule has 2 aromatic carbocycles. The quantitative estimate of drug-likeness (QED) is 0.769. The second-order valence-electron chi connectivity index (χ2n) is 6.05. The van der Waals surface area contributed by atoms with Crippen LogP contribution in [0.25, 0.3) is 0 Å². The van der Waals surface area contributed by atoms with Gasteiger partial charge in [-0.2, -0.15) is 0 Å². The van der Waals surface area contributed by atoms with Crippen LogP contribution < -0.4 is 15.4 Å². The van der Waals surface area contributed by atoms with Gasteiger partial charge in [-0.25, -0.2) is 0 Å². The lowest BCUT2D eigenvalue weighted by Crippen LogP contribution is -2.18. The number of carbonyl (C=O) groups is 1. The average molecular weight is 340 g/mol. The van der Waals surface area contributed by atoms with Gasteiger partial charge in [0.05, 0.1) is 19.1 Å². The van der Waals surface area contributed by atoms with E-state index in [9.17, 15) is 4.79 Å². The van der Waals surface area contributed by atoms with Crippen molar-refractivity contribution in [1.29, 1.82) is 0 Å². The Labute approximate surface area is 148 Å². The van der Waals surface area contributed by atoms with Crippen molar-refractivity contribution in [3.63, 3.8) is 0 Å². The summed E-state index contributed by atoms with van der Waals surface area (Å²) in [5.41, 5.74) is 1.81. The molecule has 0 spiro atoms. The summed E-state index contributed by atoms with van der Waals surface area (Å²) in [6, 6.07) is 17.2. The molecule has 5 nitrogen and oxygen atoms in total. The molecule has 1 aliphatic heterocycles. The largest absolute Gasteiger partial charge is 0.493 e. The molecule has 0 radical (unpaired) electrons. The van der Waals surface area contributed by atoms with Crippen LogP contribution in [0.15, 0.2) is 54.6 Å². The van der Waals surface area contributed by atoms with Crippen LogP contribution in [-0.4, -0.2) is 31.8 Å². The highest BCUT2D eigenvalue weighted by Gasteiger charge is 2.14. The molecule has 5 heteroatoms. The molecule has 2 N–H and O–H groups in total. The van der Waals surface area contributed by atoms with Crippen molar-refractivity contribution in [1.82, 2.24) is 0 Å². The number of benzene rings is 2. The number of carbonyl (C=O) groups excluding carboxylic acids is 1. The molecule has 3 rings (SSSR count). The van der Waals surface area contributed by atoms with Crippen LogP contribution >= 0.6 is 0 Å². The standard InChI is InChI=1S/C20H24N2O3/c23-20(12-14-25-18-5-2-1-3-6-18)22-17-10-8-16(9-11-17)21-15-19-7-4-13-24-19/h1-3,5-6,8-11,19,21H,4,7,12-15H2,(H,22,23). The number of para-hydroxylation sites is 1. The Hall–Kier alpha value is -2.53. The van der Waals surface area contributed by atoms with E-state index in [1.165, 1.54) is 0 Å². The number of hydrogen-bond donors (Lipinski definition) is 2. The Bertz CT molecular complexity index is 652. The molecular formula is C20H24N2O3. The van der Waals surface area contributed by atoms with Gasteiger partial charge in [0.15, 0.2) is 0 Å². The van der Waals surface area contributed by atoms with Gasteiger partial charge in [0, 0.05) is 24.5 Å². The lowest BCUT2D eigenvalue weighted by molar-refractivity contribution is -0.116. The first-order chi connectivity index (χ1) is 12.3. The third-order valence-electron chi connectivity index (χ3n) is 4.07. The summed E-state index contributed by atoms with van der Waals surface area (Å²) in [5, 5.41) is 6.24. The van der Waals surface area contributed by atoms with Crippen LogP contribution in [0.5, 0.6) is 5.75 Å². The number of rotatable bonds is 8. The normalized spacial score (nSPS) is 16.4. The van der Waals surface area contributed by atoms with Crippen LogP contribution in [0.3, 0.4) is 0 Å². The van der Waals surface area contributed by atoms with Crippen molar-refractivity contribution in [2.24, 2.45) is 0 Å². The van der Waals surface area contributed by atoms with Gasteiger partial charge in [-0.1, -0.05) is 18.2 Å². The molecule has 1 amide bonds. The Morgan fingerprint density at radius 1 is 1.08 bits per heavy atom. The molecule has 1 fully saturated rings. The van der Waals surface area contributed by atoms with E-state index in [1.54, 1.807) is 0 Å². The molecule has 25 heavy (non-hydrogen) atoms. The predicted molar refractivity (Wildman–Crippen MR) is 99.1 cm³/mol. The molecule has 1 atom stereocenters. The molecule has 1 heterocycles. The van der Waals surface area contributed by atoms with E-state index in [2.05, 4.69) is 10.6 Å². The zero-order chi connectivity index (χ0) is 17.3. The summed E-state index contributed by atoms with van der Waals surface area (Å²) in [4.78, 5) is 12.0. The molecular weight excluding hydrogens is 316 g/mol. The number of anilines is 2. The summed E-state index contributed by atoms with van der Waals surface area (Å²) >= 11 is 0. The molecule has 0 aliphatic carbocycles. The van der Waals surface area contributed by atoms with Gasteiger partial charge in [-0.15, -0.1) is 0 Å². The van der Waals surface area contributed by atoms with Gasteiger partial charge in [0.1, 0.15) is 5.75 Å². The van der Waals surface area contributed by atoms with Crippen LogP contribution in [-0.2, 0) is 9.53 Å². The monoisotopic (exact) mass is 340 g/mol. The molecule has 1 aliphatic rings. The number of nitrogens with one attached hydrogen (secondary N) is 2. The Balaban J connectivity index is 1.37. The minimum absolute atomic E-state index is 0.0593. The minimum atomic E-state index is -0.0593. The van der Waals surface area contributed by atoms with Crippen molar-refractivity contribution in [3.05, 3.63) is 54.6 Å². The zero-order valence-corrected chi connectivity index (χ0v) is 14.2. The summed E-state index contributed by atoms with van der Waals surface area (Å²) < 4.78 is 11.1. The van der Waals surface area contributed by atoms with Gasteiger partial charge in [-0.05, 0) is 49.2 Å². The maximum Gasteiger partial charge on any atom is 0.227 e. The van der Waals surface area contributed by atoms with Crippen molar-refractivity contribution < 1.29 is 14.3 Å². The van der Waals surface area contributed by atoms with Gasteiger partial charge in [0.25, 0.3) is 0 Å². The van der Waals surface area contributed by atoms with Crippen LogP contribution in [0.4, 0.5) is 11.4 Å². The zero-order valence-electron chi connectivity index (χ0n) is 14.2. The molecule has 0 bridgehead atoms. The highest BCUT2D eigenvalue weighted by molar-refractivity contribution is 5.90. The van der Waals surface area contributed by atoms with Crippen molar-refractivity contribution in [2.75, 3.05) is 30.4 Å². The van der Waals surface area contributed by atoms with Crippen LogP contribution in [0.2, 0.25) is 0 Å². The smallest absolute Gasteiger partial charge is 0.227 e. The number of ether oxygens (including phenoxy) is 2. The van der Waals surface area contributed by atoms with E-state index in [1.807, 2.05) is 54.6 Å². The van der Waals surface area contributed by atoms with Crippen molar-refractivity contribution in [3.8, 4) is 5.75 Å². The maximum absolute atomic E-state index is 12.0. The van der Waals surface area contributed by atoms with Gasteiger partial charge in [-0.3, -0.25) is 4.79 Å². The second-order valence-corrected chi connectivity index (χ2v) is 6.05. The first-order valence-corrected chi connectivity index (χ1v) is 8.73. The third-order valence-corrected chi connectivity index (χ3v) is 4.07. The fourth-order valence-electron chi connectivity index (χ4n) is 2.71. The van der Waals surface area contributed by atoms with E-state index < -0.39 is 0 Å². The van der Waals surface area contributed by atoms with Crippen LogP contribution in [0.1, 0.15) is 19.3 Å². The van der Waals surface area contributed by atoms with Gasteiger partial charge in [0.2, 0.25) is 5.91 Å². The Morgan fingerprint density at radius 3 is 2.56 bits per heavy atom. The van der Waals surface area contributed by atoms with Crippen LogP contribution in [0, 0.1) is 0 Å². The lowest BCUT2D eigenvalue weighted by Gasteiger charge is -2.12. The summed E-state index contributed by atoms with van der Waals surface area (Å²) in [5.74, 6) is 0.716. The summed E-state index contributed by atoms with van der Waals surface area (Å²) in [6.45, 7) is 2.05. The summed E-state index contributed by atoms with van der Waals surface area (Å²) in [6.07, 6.45) is 2.88. The topological polar surface area (TPSA) is 59.6 Å². The SMILES string of the molecule is O=C(CCOc1ccccc1)Nc1ccc(NCC2CCCO2)cc1. The second kappa shape index (κ2) is 9.08. The van der Waals surface area contributed by atoms with E-state index >= 15 is 0 Å². The van der Waals surface area contributed by atoms with E-state index in [4.69, 9.17) is 9.47 Å². The first-order valence-electron chi connectivity index (χ1n) is 8.73. The highest BCUT2D eigenvalue weighted by atomic mass is 16.5. The summed E-state index contributed by atoms with van der Waals surface area (Å²) in [7, 11) is 0. The molecule has 0 saturated carbocycles. The fourth-order valence-corrected chi connectivity index (χ4v) is 2.71. The average Bonchev–Trinajstić information content (AvgIpc) is 3.16. The Morgan fingerprint density at radius 2 is 1.84 bits per heavy atom. The highest BCUT2D eigenvalue weighted by Crippen LogP contribution is 2.16. The van der Waals surface area contributed by atoms with E-state index in [0.29, 0.717) is 19.1 Å². The van der Waals surface area contributed by atoms with Gasteiger partial charge < -0.3 is 20.1 Å². The lowest BCUT2D eigenvalue weighted by atomic mass is 10.2. The van der Waals surface area contributed by atoms with E-state index in [-0.39, 0.29) is 5.91 Å². The fraction of sp³-hybridized carbons (Fsp3) is 0.350. The maximum atomic E-state index is 12.0. The number of amides is 1. The number of hydrogen-bond acceptors (Lipinski definition) is 4. The van der Waals surface area contributed by atoms with Crippen molar-refractivity contribution >= 4 is 17.3 Å². The molecule has 1 saturated heterocycles. The molecule has 132 valence electrons. The molecule has 0 aromatic heterocycles. The third kappa shape index (κ3) is 5.80. The Kier molecular flexibility index (Phi) is 6.29. The minimum Gasteiger partial charge on any atom is -0.493 e.